The molecule has 0 atom stereocenters. The lowest BCUT2D eigenvalue weighted by Crippen LogP contribution is -2.49. The van der Waals surface area contributed by atoms with Gasteiger partial charge in [-0.3, -0.25) is 0 Å². The summed E-state index contributed by atoms with van der Waals surface area (Å²) >= 11 is 0. The standard InChI is InChI=1S/C19H20F6O6/c20-17(21)15-16(18(22,23)19(17,24)25)31-12-8-27-6-10-29-14-4-2-1-3-13(14)28-9-5-26-7-11-30-15/h1-4H,5-12H2. The molecule has 1 aliphatic carbocycles. The Kier molecular flexibility index (Phi) is 7.10. The molecule has 1 aromatic carbocycles. The van der Waals surface area contributed by atoms with Crippen molar-refractivity contribution < 1.29 is 54.8 Å². The van der Waals surface area contributed by atoms with E-state index in [1.807, 2.05) is 0 Å². The Morgan fingerprint density at radius 1 is 0.516 bits per heavy atom. The van der Waals surface area contributed by atoms with E-state index < -0.39 is 42.5 Å². The van der Waals surface area contributed by atoms with Crippen LogP contribution in [0.4, 0.5) is 26.3 Å². The van der Waals surface area contributed by atoms with Crippen LogP contribution in [0.15, 0.2) is 35.8 Å². The Morgan fingerprint density at radius 2 is 0.871 bits per heavy atom. The number of para-hydroxylation sites is 2. The fraction of sp³-hybridized carbons (Fsp3) is 0.579. The SMILES string of the molecule is FC1(F)C2=C(OCCOCCOc3ccccc3OCCOCCO2)C(F)(F)C1(F)F. The molecule has 0 bridgehead atoms. The summed E-state index contributed by atoms with van der Waals surface area (Å²) in [4.78, 5) is 0. The number of allylic oxidation sites excluding steroid dienone is 2. The van der Waals surface area contributed by atoms with Crippen LogP contribution in [-0.4, -0.2) is 70.6 Å². The number of fused-ring (bicyclic) bond motifs is 1. The summed E-state index contributed by atoms with van der Waals surface area (Å²) in [5.74, 6) is -19.2. The number of ether oxygens (including phenoxy) is 6. The molecule has 1 aromatic rings. The average Bonchev–Trinajstić information content (AvgIpc) is 2.81. The molecule has 3 rings (SSSR count). The Hall–Kier alpha value is -2.34. The zero-order valence-electron chi connectivity index (χ0n) is 16.2. The van der Waals surface area contributed by atoms with Gasteiger partial charge in [0.15, 0.2) is 11.5 Å². The fourth-order valence-corrected chi connectivity index (χ4v) is 2.80. The molecule has 1 aliphatic heterocycles. The molecule has 0 amide bonds. The summed E-state index contributed by atoms with van der Waals surface area (Å²) in [6.45, 7) is -1.94. The minimum Gasteiger partial charge on any atom is -0.487 e. The van der Waals surface area contributed by atoms with E-state index in [0.717, 1.165) is 0 Å². The summed E-state index contributed by atoms with van der Waals surface area (Å²) in [7, 11) is 0. The first-order chi connectivity index (χ1) is 14.7. The van der Waals surface area contributed by atoms with E-state index in [0.29, 0.717) is 11.5 Å². The van der Waals surface area contributed by atoms with Crippen LogP contribution in [0.2, 0.25) is 0 Å². The number of hydrogen-bond donors (Lipinski definition) is 0. The lowest BCUT2D eigenvalue weighted by Gasteiger charge is -2.24. The van der Waals surface area contributed by atoms with E-state index >= 15 is 0 Å². The Morgan fingerprint density at radius 3 is 1.26 bits per heavy atom. The van der Waals surface area contributed by atoms with Crippen molar-refractivity contribution in [3.8, 4) is 11.5 Å². The van der Waals surface area contributed by atoms with Crippen molar-refractivity contribution >= 4 is 0 Å². The Balaban J connectivity index is 1.70. The van der Waals surface area contributed by atoms with Crippen LogP contribution in [0.1, 0.15) is 0 Å². The van der Waals surface area contributed by atoms with Gasteiger partial charge in [0.1, 0.15) is 26.4 Å². The molecule has 0 saturated heterocycles. The van der Waals surface area contributed by atoms with Crippen LogP contribution >= 0.6 is 0 Å². The molecule has 0 unspecified atom stereocenters. The van der Waals surface area contributed by atoms with Gasteiger partial charge in [-0.25, -0.2) is 0 Å². The molecule has 0 fully saturated rings. The van der Waals surface area contributed by atoms with Crippen molar-refractivity contribution in [3.05, 3.63) is 35.8 Å². The molecule has 174 valence electrons. The van der Waals surface area contributed by atoms with E-state index in [1.165, 1.54) is 0 Å². The van der Waals surface area contributed by atoms with Gasteiger partial charge in [-0.2, -0.15) is 26.3 Å². The van der Waals surface area contributed by atoms with Crippen molar-refractivity contribution in [2.24, 2.45) is 0 Å². The average molecular weight is 458 g/mol. The van der Waals surface area contributed by atoms with Crippen molar-refractivity contribution in [1.82, 2.24) is 0 Å². The van der Waals surface area contributed by atoms with E-state index in [9.17, 15) is 26.3 Å². The van der Waals surface area contributed by atoms with Crippen molar-refractivity contribution in [2.45, 2.75) is 17.8 Å². The van der Waals surface area contributed by atoms with E-state index in [4.69, 9.17) is 18.9 Å². The maximum absolute atomic E-state index is 14.0. The predicted octanol–water partition coefficient (Wildman–Crippen LogP) is 3.66. The first-order valence-corrected chi connectivity index (χ1v) is 9.34. The van der Waals surface area contributed by atoms with Crippen LogP contribution in [0.5, 0.6) is 11.5 Å². The molecular formula is C19H20F6O6. The minimum absolute atomic E-state index is 0.00801. The molecule has 0 saturated carbocycles. The molecule has 0 aromatic heterocycles. The highest BCUT2D eigenvalue weighted by Gasteiger charge is 2.83. The highest BCUT2D eigenvalue weighted by atomic mass is 19.3. The monoisotopic (exact) mass is 458 g/mol. The van der Waals surface area contributed by atoms with Gasteiger partial charge in [0.2, 0.25) is 11.5 Å². The van der Waals surface area contributed by atoms with Crippen LogP contribution in [-0.2, 0) is 18.9 Å². The normalized spacial score (nSPS) is 24.2. The summed E-state index contributed by atoms with van der Waals surface area (Å²) in [6, 6.07) is 6.80. The maximum Gasteiger partial charge on any atom is 0.387 e. The quantitative estimate of drug-likeness (QED) is 0.554. The van der Waals surface area contributed by atoms with Crippen molar-refractivity contribution in [3.63, 3.8) is 0 Å². The van der Waals surface area contributed by atoms with Gasteiger partial charge in [-0.15, -0.1) is 0 Å². The van der Waals surface area contributed by atoms with Gasteiger partial charge in [0, 0.05) is 0 Å². The number of benzene rings is 1. The molecule has 0 spiro atoms. The third kappa shape index (κ3) is 4.64. The van der Waals surface area contributed by atoms with Crippen LogP contribution in [0.25, 0.3) is 0 Å². The largest absolute Gasteiger partial charge is 0.487 e. The smallest absolute Gasteiger partial charge is 0.387 e. The van der Waals surface area contributed by atoms with E-state index in [1.54, 1.807) is 24.3 Å². The highest BCUT2D eigenvalue weighted by molar-refractivity contribution is 5.39. The van der Waals surface area contributed by atoms with E-state index in [-0.39, 0.29) is 39.6 Å². The molecular weight excluding hydrogens is 438 g/mol. The highest BCUT2D eigenvalue weighted by Crippen LogP contribution is 2.59. The number of hydrogen-bond acceptors (Lipinski definition) is 6. The van der Waals surface area contributed by atoms with Gasteiger partial charge >= 0.3 is 17.8 Å². The molecule has 0 radical (unpaired) electrons. The molecule has 31 heavy (non-hydrogen) atoms. The molecule has 6 nitrogen and oxygen atoms in total. The van der Waals surface area contributed by atoms with Crippen LogP contribution in [0.3, 0.4) is 0 Å². The van der Waals surface area contributed by atoms with Gasteiger partial charge in [-0.1, -0.05) is 12.1 Å². The van der Waals surface area contributed by atoms with Gasteiger partial charge in [0.05, 0.1) is 26.4 Å². The second kappa shape index (κ2) is 9.43. The zero-order chi connectivity index (χ0) is 22.5. The van der Waals surface area contributed by atoms with Crippen molar-refractivity contribution in [1.29, 1.82) is 0 Å². The minimum atomic E-state index is -5.71. The fourth-order valence-electron chi connectivity index (χ4n) is 2.80. The van der Waals surface area contributed by atoms with Gasteiger partial charge in [-0.05, 0) is 12.1 Å². The lowest BCUT2D eigenvalue weighted by molar-refractivity contribution is -0.277. The Bertz CT molecular complexity index is 724. The Labute approximate surface area is 173 Å². The third-order valence-corrected chi connectivity index (χ3v) is 4.33. The number of halogens is 6. The summed E-state index contributed by atoms with van der Waals surface area (Å²) in [6.07, 6.45) is 0. The summed E-state index contributed by atoms with van der Waals surface area (Å²) in [5, 5.41) is 0. The second-order valence-corrected chi connectivity index (χ2v) is 6.45. The number of rotatable bonds is 0. The summed E-state index contributed by atoms with van der Waals surface area (Å²) < 4.78 is 114. The van der Waals surface area contributed by atoms with Gasteiger partial charge < -0.3 is 28.4 Å². The summed E-state index contributed by atoms with van der Waals surface area (Å²) in [5.41, 5.74) is 0. The van der Waals surface area contributed by atoms with Crippen LogP contribution < -0.4 is 9.47 Å². The zero-order valence-corrected chi connectivity index (χ0v) is 16.2. The third-order valence-electron chi connectivity index (χ3n) is 4.33. The first kappa shape index (κ1) is 23.3. The molecule has 0 N–H and O–H groups in total. The second-order valence-electron chi connectivity index (χ2n) is 6.45. The maximum atomic E-state index is 14.0. The number of alkyl halides is 6. The predicted molar refractivity (Wildman–Crippen MR) is 92.8 cm³/mol. The van der Waals surface area contributed by atoms with E-state index in [2.05, 4.69) is 9.47 Å². The molecule has 12 heteroatoms. The first-order valence-electron chi connectivity index (χ1n) is 9.34. The topological polar surface area (TPSA) is 55.4 Å². The lowest BCUT2D eigenvalue weighted by atomic mass is 10.1. The van der Waals surface area contributed by atoms with Crippen molar-refractivity contribution in [2.75, 3.05) is 52.9 Å². The van der Waals surface area contributed by atoms with Gasteiger partial charge in [0.25, 0.3) is 0 Å². The van der Waals surface area contributed by atoms with Crippen LogP contribution in [0, 0.1) is 0 Å². The molecule has 2 aliphatic rings. The molecule has 1 heterocycles.